The molecule has 1 amide bonds. The molecule has 0 unspecified atom stereocenters. The van der Waals surface area contributed by atoms with Gasteiger partial charge in [-0.05, 0) is 17.7 Å². The first-order chi connectivity index (χ1) is 8.15. The van der Waals surface area contributed by atoms with Crippen LogP contribution in [0.2, 0.25) is 0 Å². The number of carboxylic acids is 1. The van der Waals surface area contributed by atoms with Crippen LogP contribution in [0.1, 0.15) is 12.0 Å². The summed E-state index contributed by atoms with van der Waals surface area (Å²) in [5.74, 6) is -0.622. The maximum atomic E-state index is 11.8. The van der Waals surface area contributed by atoms with Crippen LogP contribution in [-0.4, -0.2) is 40.0 Å². The van der Waals surface area contributed by atoms with Crippen LogP contribution in [0.5, 0.6) is 0 Å². The van der Waals surface area contributed by atoms with Crippen LogP contribution in [0.15, 0.2) is 24.5 Å². The summed E-state index contributed by atoms with van der Waals surface area (Å²) < 4.78 is 0. The number of likely N-dealkylation sites (tertiary alicyclic amines) is 1. The largest absolute Gasteiger partial charge is 0.481 e. The van der Waals surface area contributed by atoms with Crippen LogP contribution in [-0.2, 0) is 16.0 Å². The van der Waals surface area contributed by atoms with E-state index < -0.39 is 5.97 Å². The number of amides is 1. The Morgan fingerprint density at radius 3 is 2.59 bits per heavy atom. The SMILES string of the molecule is O=C(O)CC1CN(C(=O)Cc2ccncc2)C1. The van der Waals surface area contributed by atoms with Gasteiger partial charge in [0.05, 0.1) is 12.8 Å². The van der Waals surface area contributed by atoms with Gasteiger partial charge in [0, 0.05) is 31.4 Å². The van der Waals surface area contributed by atoms with Crippen molar-refractivity contribution in [3.05, 3.63) is 30.1 Å². The Kier molecular flexibility index (Phi) is 3.37. The first-order valence-corrected chi connectivity index (χ1v) is 5.53. The quantitative estimate of drug-likeness (QED) is 0.826. The van der Waals surface area contributed by atoms with E-state index in [1.165, 1.54) is 0 Å². The highest BCUT2D eigenvalue weighted by atomic mass is 16.4. The van der Waals surface area contributed by atoms with Crippen molar-refractivity contribution >= 4 is 11.9 Å². The van der Waals surface area contributed by atoms with E-state index in [9.17, 15) is 9.59 Å². The highest BCUT2D eigenvalue weighted by molar-refractivity contribution is 5.79. The average Bonchev–Trinajstić information content (AvgIpc) is 2.23. The standard InChI is InChI=1S/C12H14N2O3/c15-11(5-9-1-3-13-4-2-9)14-7-10(8-14)6-12(16)17/h1-4,10H,5-8H2,(H,16,17). The first kappa shape index (κ1) is 11.6. The van der Waals surface area contributed by atoms with Crippen LogP contribution >= 0.6 is 0 Å². The fourth-order valence-corrected chi connectivity index (χ4v) is 1.94. The molecule has 1 fully saturated rings. The van der Waals surface area contributed by atoms with Gasteiger partial charge in [0.1, 0.15) is 0 Å². The molecule has 0 atom stereocenters. The minimum Gasteiger partial charge on any atom is -0.481 e. The van der Waals surface area contributed by atoms with Crippen LogP contribution in [0.4, 0.5) is 0 Å². The van der Waals surface area contributed by atoms with Crippen molar-refractivity contribution in [3.63, 3.8) is 0 Å². The molecular weight excluding hydrogens is 220 g/mol. The van der Waals surface area contributed by atoms with Gasteiger partial charge in [0.15, 0.2) is 0 Å². The highest BCUT2D eigenvalue weighted by Crippen LogP contribution is 2.19. The molecule has 0 saturated carbocycles. The molecule has 1 N–H and O–H groups in total. The molecule has 1 aromatic rings. The lowest BCUT2D eigenvalue weighted by Crippen LogP contribution is -2.51. The molecule has 0 bridgehead atoms. The molecule has 1 aliphatic heterocycles. The fraction of sp³-hybridized carbons (Fsp3) is 0.417. The number of carboxylic acid groups (broad SMARTS) is 1. The van der Waals surface area contributed by atoms with E-state index in [1.54, 1.807) is 17.3 Å². The molecule has 1 aliphatic rings. The Bertz CT molecular complexity index is 413. The third-order valence-corrected chi connectivity index (χ3v) is 2.88. The van der Waals surface area contributed by atoms with E-state index in [0.29, 0.717) is 19.5 Å². The summed E-state index contributed by atoms with van der Waals surface area (Å²) in [6, 6.07) is 3.62. The molecule has 17 heavy (non-hydrogen) atoms. The molecule has 0 aliphatic carbocycles. The third kappa shape index (κ3) is 3.03. The molecule has 0 radical (unpaired) electrons. The topological polar surface area (TPSA) is 70.5 Å². The first-order valence-electron chi connectivity index (χ1n) is 5.53. The Morgan fingerprint density at radius 2 is 2.00 bits per heavy atom. The van der Waals surface area contributed by atoms with Gasteiger partial charge in [0.25, 0.3) is 0 Å². The second kappa shape index (κ2) is 4.95. The van der Waals surface area contributed by atoms with Crippen molar-refractivity contribution in [2.45, 2.75) is 12.8 Å². The lowest BCUT2D eigenvalue weighted by molar-refractivity contribution is -0.144. The highest BCUT2D eigenvalue weighted by Gasteiger charge is 2.31. The summed E-state index contributed by atoms with van der Waals surface area (Å²) in [7, 11) is 0. The normalized spacial score (nSPS) is 15.4. The van der Waals surface area contributed by atoms with E-state index in [-0.39, 0.29) is 18.2 Å². The number of aliphatic carboxylic acids is 1. The second-order valence-electron chi connectivity index (χ2n) is 4.29. The molecule has 1 saturated heterocycles. The summed E-state index contributed by atoms with van der Waals surface area (Å²) in [6.45, 7) is 1.13. The van der Waals surface area contributed by atoms with Crippen molar-refractivity contribution < 1.29 is 14.7 Å². The van der Waals surface area contributed by atoms with E-state index in [4.69, 9.17) is 5.11 Å². The Hall–Kier alpha value is -1.91. The third-order valence-electron chi connectivity index (χ3n) is 2.88. The van der Waals surface area contributed by atoms with Crippen molar-refractivity contribution in [3.8, 4) is 0 Å². The predicted molar refractivity (Wildman–Crippen MR) is 60.3 cm³/mol. The molecule has 2 heterocycles. The van der Waals surface area contributed by atoms with Crippen LogP contribution < -0.4 is 0 Å². The van der Waals surface area contributed by atoms with Crippen LogP contribution in [0, 0.1) is 5.92 Å². The molecule has 2 rings (SSSR count). The molecule has 0 spiro atoms. The lowest BCUT2D eigenvalue weighted by atomic mass is 9.95. The molecule has 0 aromatic carbocycles. The number of hydrogen-bond acceptors (Lipinski definition) is 3. The number of aromatic nitrogens is 1. The zero-order chi connectivity index (χ0) is 12.3. The molecule has 90 valence electrons. The summed E-state index contributed by atoms with van der Waals surface area (Å²) in [5.41, 5.74) is 0.937. The van der Waals surface area contributed by atoms with E-state index in [1.807, 2.05) is 12.1 Å². The molecule has 5 nitrogen and oxygen atoms in total. The van der Waals surface area contributed by atoms with Gasteiger partial charge in [-0.15, -0.1) is 0 Å². The van der Waals surface area contributed by atoms with Crippen molar-refractivity contribution in [1.29, 1.82) is 0 Å². The van der Waals surface area contributed by atoms with Gasteiger partial charge in [0.2, 0.25) is 5.91 Å². The van der Waals surface area contributed by atoms with E-state index >= 15 is 0 Å². The smallest absolute Gasteiger partial charge is 0.303 e. The lowest BCUT2D eigenvalue weighted by Gasteiger charge is -2.38. The molecule has 1 aromatic heterocycles. The summed E-state index contributed by atoms with van der Waals surface area (Å²) in [5, 5.41) is 8.60. The summed E-state index contributed by atoms with van der Waals surface area (Å²) >= 11 is 0. The number of pyridine rings is 1. The Morgan fingerprint density at radius 1 is 1.35 bits per heavy atom. The van der Waals surface area contributed by atoms with Gasteiger partial charge in [-0.2, -0.15) is 0 Å². The maximum absolute atomic E-state index is 11.8. The zero-order valence-corrected chi connectivity index (χ0v) is 9.37. The maximum Gasteiger partial charge on any atom is 0.303 e. The average molecular weight is 234 g/mol. The van der Waals surface area contributed by atoms with Gasteiger partial charge in [-0.25, -0.2) is 0 Å². The number of carbonyl (C=O) groups is 2. The minimum atomic E-state index is -0.795. The summed E-state index contributed by atoms with van der Waals surface area (Å²) in [6.07, 6.45) is 3.83. The van der Waals surface area contributed by atoms with E-state index in [0.717, 1.165) is 5.56 Å². The van der Waals surface area contributed by atoms with Crippen LogP contribution in [0.25, 0.3) is 0 Å². The van der Waals surface area contributed by atoms with Crippen molar-refractivity contribution in [2.24, 2.45) is 5.92 Å². The summed E-state index contributed by atoms with van der Waals surface area (Å²) in [4.78, 5) is 27.8. The zero-order valence-electron chi connectivity index (χ0n) is 9.37. The van der Waals surface area contributed by atoms with Crippen molar-refractivity contribution in [1.82, 2.24) is 9.88 Å². The Labute approximate surface area is 99.1 Å². The number of carbonyl (C=O) groups excluding carboxylic acids is 1. The van der Waals surface area contributed by atoms with Gasteiger partial charge >= 0.3 is 5.97 Å². The molecule has 5 heteroatoms. The van der Waals surface area contributed by atoms with Crippen LogP contribution in [0.3, 0.4) is 0 Å². The van der Waals surface area contributed by atoms with Gasteiger partial charge in [-0.3, -0.25) is 14.6 Å². The monoisotopic (exact) mass is 234 g/mol. The van der Waals surface area contributed by atoms with Gasteiger partial charge in [-0.1, -0.05) is 0 Å². The number of rotatable bonds is 4. The van der Waals surface area contributed by atoms with Crippen molar-refractivity contribution in [2.75, 3.05) is 13.1 Å². The van der Waals surface area contributed by atoms with E-state index in [2.05, 4.69) is 4.98 Å². The second-order valence-corrected chi connectivity index (χ2v) is 4.29. The minimum absolute atomic E-state index is 0.0536. The Balaban J connectivity index is 1.78. The fourth-order valence-electron chi connectivity index (χ4n) is 1.94. The number of nitrogens with zero attached hydrogens (tertiary/aromatic N) is 2. The van der Waals surface area contributed by atoms with Gasteiger partial charge < -0.3 is 10.0 Å². The predicted octanol–water partition coefficient (Wildman–Crippen LogP) is 0.557. The molecular formula is C12H14N2O3. The number of hydrogen-bond donors (Lipinski definition) is 1.